The molecule has 136 valence electrons. The first-order valence-corrected chi connectivity index (χ1v) is 7.92. The van der Waals surface area contributed by atoms with Gasteiger partial charge in [-0.15, -0.1) is 0 Å². The Hall–Kier alpha value is -2.64. The first kappa shape index (κ1) is 18.7. The standard InChI is InChI=1S/C17H23F2N5O/c1-13-10-22-24(11-13)9-8-21-17(20-2)23(3)12-14-4-6-15(7-5-14)25-16(18)19/h4-7,10-11,16H,8-9,12H2,1-3H3,(H,20,21). The molecule has 0 spiro atoms. The number of benzene rings is 1. The van der Waals surface area contributed by atoms with Crippen LogP contribution >= 0.6 is 0 Å². The van der Waals surface area contributed by atoms with Gasteiger partial charge in [-0.1, -0.05) is 12.1 Å². The van der Waals surface area contributed by atoms with Crippen molar-refractivity contribution >= 4 is 5.96 Å². The van der Waals surface area contributed by atoms with Crippen molar-refractivity contribution in [1.82, 2.24) is 20.0 Å². The highest BCUT2D eigenvalue weighted by Crippen LogP contribution is 2.15. The maximum absolute atomic E-state index is 12.2. The molecule has 0 saturated heterocycles. The van der Waals surface area contributed by atoms with E-state index >= 15 is 0 Å². The van der Waals surface area contributed by atoms with E-state index in [1.54, 1.807) is 19.2 Å². The number of nitrogens with one attached hydrogen (secondary N) is 1. The molecule has 0 amide bonds. The third kappa shape index (κ3) is 6.06. The van der Waals surface area contributed by atoms with E-state index in [2.05, 4.69) is 20.1 Å². The van der Waals surface area contributed by atoms with Gasteiger partial charge in [0, 0.05) is 33.4 Å². The van der Waals surface area contributed by atoms with Crippen molar-refractivity contribution in [2.24, 2.45) is 4.99 Å². The fraction of sp³-hybridized carbons (Fsp3) is 0.412. The number of hydrogen-bond acceptors (Lipinski definition) is 3. The lowest BCUT2D eigenvalue weighted by Gasteiger charge is -2.22. The molecule has 0 atom stereocenters. The number of guanidine groups is 1. The largest absolute Gasteiger partial charge is 0.435 e. The van der Waals surface area contributed by atoms with Gasteiger partial charge in [0.2, 0.25) is 0 Å². The average Bonchev–Trinajstić information content (AvgIpc) is 2.98. The minimum atomic E-state index is -2.81. The molecule has 6 nitrogen and oxygen atoms in total. The minimum Gasteiger partial charge on any atom is -0.435 e. The number of aryl methyl sites for hydroxylation is 1. The summed E-state index contributed by atoms with van der Waals surface area (Å²) in [6.07, 6.45) is 3.81. The highest BCUT2D eigenvalue weighted by molar-refractivity contribution is 5.79. The van der Waals surface area contributed by atoms with Crippen molar-refractivity contribution in [3.05, 3.63) is 47.8 Å². The fourth-order valence-electron chi connectivity index (χ4n) is 2.38. The van der Waals surface area contributed by atoms with Crippen LogP contribution in [0.2, 0.25) is 0 Å². The zero-order chi connectivity index (χ0) is 18.2. The molecule has 1 heterocycles. The van der Waals surface area contributed by atoms with Crippen LogP contribution in [0.4, 0.5) is 8.78 Å². The Kier molecular flexibility index (Phi) is 6.73. The summed E-state index contributed by atoms with van der Waals surface area (Å²) in [5, 5.41) is 7.51. The zero-order valence-corrected chi connectivity index (χ0v) is 14.6. The molecule has 1 aromatic carbocycles. The lowest BCUT2D eigenvalue weighted by molar-refractivity contribution is -0.0498. The molecular formula is C17H23F2N5O. The van der Waals surface area contributed by atoms with E-state index in [4.69, 9.17) is 0 Å². The van der Waals surface area contributed by atoms with Gasteiger partial charge in [0.1, 0.15) is 5.75 Å². The van der Waals surface area contributed by atoms with Crippen molar-refractivity contribution in [3.8, 4) is 5.75 Å². The Labute approximate surface area is 146 Å². The van der Waals surface area contributed by atoms with Crippen LogP contribution < -0.4 is 10.1 Å². The molecule has 2 rings (SSSR count). The smallest absolute Gasteiger partial charge is 0.387 e. The molecule has 0 fully saturated rings. The van der Waals surface area contributed by atoms with Gasteiger partial charge in [-0.05, 0) is 30.2 Å². The van der Waals surface area contributed by atoms with Gasteiger partial charge in [0.05, 0.1) is 12.7 Å². The van der Waals surface area contributed by atoms with Gasteiger partial charge >= 0.3 is 6.61 Å². The van der Waals surface area contributed by atoms with Gasteiger partial charge < -0.3 is 15.0 Å². The molecule has 0 bridgehead atoms. The molecule has 0 aliphatic heterocycles. The molecule has 25 heavy (non-hydrogen) atoms. The maximum Gasteiger partial charge on any atom is 0.387 e. The van der Waals surface area contributed by atoms with E-state index in [0.717, 1.165) is 23.6 Å². The van der Waals surface area contributed by atoms with Crippen molar-refractivity contribution in [2.45, 2.75) is 26.6 Å². The number of nitrogens with zero attached hydrogens (tertiary/aromatic N) is 4. The number of hydrogen-bond donors (Lipinski definition) is 1. The minimum absolute atomic E-state index is 0.151. The van der Waals surface area contributed by atoms with Crippen LogP contribution in [0.15, 0.2) is 41.7 Å². The van der Waals surface area contributed by atoms with Crippen LogP contribution in [0.25, 0.3) is 0 Å². The van der Waals surface area contributed by atoms with Gasteiger partial charge in [0.15, 0.2) is 5.96 Å². The van der Waals surface area contributed by atoms with E-state index < -0.39 is 6.61 Å². The van der Waals surface area contributed by atoms with Gasteiger partial charge in [-0.3, -0.25) is 9.67 Å². The summed E-state index contributed by atoms with van der Waals surface area (Å²) in [6, 6.07) is 6.58. The summed E-state index contributed by atoms with van der Waals surface area (Å²) in [5.41, 5.74) is 2.09. The number of ether oxygens (including phenoxy) is 1. The van der Waals surface area contributed by atoms with Crippen LogP contribution in [0, 0.1) is 6.92 Å². The average molecular weight is 351 g/mol. The third-order valence-corrected chi connectivity index (χ3v) is 3.53. The van der Waals surface area contributed by atoms with Gasteiger partial charge in [-0.2, -0.15) is 13.9 Å². The van der Waals surface area contributed by atoms with Crippen molar-refractivity contribution in [3.63, 3.8) is 0 Å². The number of aromatic nitrogens is 2. The lowest BCUT2D eigenvalue weighted by Crippen LogP contribution is -2.39. The Morgan fingerprint density at radius 1 is 1.36 bits per heavy atom. The van der Waals surface area contributed by atoms with E-state index in [-0.39, 0.29) is 5.75 Å². The van der Waals surface area contributed by atoms with E-state index in [0.29, 0.717) is 13.1 Å². The highest BCUT2D eigenvalue weighted by atomic mass is 19.3. The first-order chi connectivity index (χ1) is 12.0. The van der Waals surface area contributed by atoms with Gasteiger partial charge in [0.25, 0.3) is 0 Å². The van der Waals surface area contributed by atoms with Crippen LogP contribution in [-0.2, 0) is 13.1 Å². The molecule has 0 radical (unpaired) electrons. The van der Waals surface area contributed by atoms with Crippen molar-refractivity contribution in [1.29, 1.82) is 0 Å². The van der Waals surface area contributed by atoms with E-state index in [1.165, 1.54) is 12.1 Å². The quantitative estimate of drug-likeness (QED) is 0.615. The van der Waals surface area contributed by atoms with Crippen LogP contribution in [-0.4, -0.2) is 47.9 Å². The third-order valence-electron chi connectivity index (χ3n) is 3.53. The Bertz CT molecular complexity index is 685. The number of alkyl halides is 2. The fourth-order valence-corrected chi connectivity index (χ4v) is 2.38. The molecule has 0 unspecified atom stereocenters. The Balaban J connectivity index is 1.83. The summed E-state index contributed by atoms with van der Waals surface area (Å²) >= 11 is 0. The maximum atomic E-state index is 12.2. The SMILES string of the molecule is CN=C(NCCn1cc(C)cn1)N(C)Cc1ccc(OC(F)F)cc1. The summed E-state index contributed by atoms with van der Waals surface area (Å²) < 4.78 is 30.5. The predicted molar refractivity (Wildman–Crippen MR) is 92.9 cm³/mol. The van der Waals surface area contributed by atoms with Crippen LogP contribution in [0.1, 0.15) is 11.1 Å². The summed E-state index contributed by atoms with van der Waals surface area (Å²) in [6.45, 7) is 1.21. The Morgan fingerprint density at radius 3 is 2.64 bits per heavy atom. The summed E-state index contributed by atoms with van der Waals surface area (Å²) in [4.78, 5) is 6.21. The molecular weight excluding hydrogens is 328 g/mol. The first-order valence-electron chi connectivity index (χ1n) is 7.92. The van der Waals surface area contributed by atoms with Crippen molar-refractivity contribution < 1.29 is 13.5 Å². The van der Waals surface area contributed by atoms with Crippen molar-refractivity contribution in [2.75, 3.05) is 20.6 Å². The molecule has 1 aromatic heterocycles. The highest BCUT2D eigenvalue weighted by Gasteiger charge is 2.08. The zero-order valence-electron chi connectivity index (χ0n) is 14.6. The van der Waals surface area contributed by atoms with Crippen LogP contribution in [0.5, 0.6) is 5.75 Å². The topological polar surface area (TPSA) is 54.7 Å². The molecule has 1 N–H and O–H groups in total. The number of halogens is 2. The summed E-state index contributed by atoms with van der Waals surface area (Å²) in [7, 11) is 3.63. The second kappa shape index (κ2) is 9.00. The number of rotatable bonds is 7. The molecule has 8 heteroatoms. The lowest BCUT2D eigenvalue weighted by atomic mass is 10.2. The molecule has 0 aliphatic carbocycles. The second-order valence-electron chi connectivity index (χ2n) is 5.63. The summed E-state index contributed by atoms with van der Waals surface area (Å²) in [5.74, 6) is 0.898. The van der Waals surface area contributed by atoms with E-state index in [1.807, 2.05) is 35.9 Å². The normalized spacial score (nSPS) is 11.7. The van der Waals surface area contributed by atoms with E-state index in [9.17, 15) is 8.78 Å². The monoisotopic (exact) mass is 351 g/mol. The van der Waals surface area contributed by atoms with Crippen LogP contribution in [0.3, 0.4) is 0 Å². The Morgan fingerprint density at radius 2 is 2.08 bits per heavy atom. The molecule has 2 aromatic rings. The second-order valence-corrected chi connectivity index (χ2v) is 5.63. The van der Waals surface area contributed by atoms with Gasteiger partial charge in [-0.25, -0.2) is 0 Å². The predicted octanol–water partition coefficient (Wildman–Crippen LogP) is 2.50. The molecule has 0 saturated carbocycles. The number of aliphatic imine (C=N–C) groups is 1. The molecule has 0 aliphatic rings.